The molecular weight excluding hydrogens is 461 g/mol. The van der Waals surface area contributed by atoms with Crippen LogP contribution in [-0.4, -0.2) is 42.0 Å². The summed E-state index contributed by atoms with van der Waals surface area (Å²) in [6.07, 6.45) is 7.89. The Kier molecular flexibility index (Phi) is 11.1. The third kappa shape index (κ3) is 7.87. The van der Waals surface area contributed by atoms with Crippen molar-refractivity contribution in [3.63, 3.8) is 0 Å². The highest BCUT2D eigenvalue weighted by atomic mass is 19.1. The van der Waals surface area contributed by atoms with Crippen LogP contribution < -0.4 is 10.6 Å². The van der Waals surface area contributed by atoms with E-state index >= 15 is 0 Å². The molecule has 0 bridgehead atoms. The van der Waals surface area contributed by atoms with Crippen molar-refractivity contribution in [3.8, 4) is 0 Å². The van der Waals surface area contributed by atoms with Gasteiger partial charge in [-0.15, -0.1) is 0 Å². The van der Waals surface area contributed by atoms with Gasteiger partial charge in [0.25, 0.3) is 0 Å². The molecule has 1 fully saturated rings. The molecule has 0 saturated carbocycles. The molecule has 37 heavy (non-hydrogen) atoms. The Bertz CT molecular complexity index is 1000. The number of anilines is 1. The molecule has 3 atom stereocenters. The maximum Gasteiger partial charge on any atom is 0.241 e. The largest absolute Gasteiger partial charge is 0.328 e. The van der Waals surface area contributed by atoms with Gasteiger partial charge in [0.05, 0.1) is 6.54 Å². The van der Waals surface area contributed by atoms with E-state index in [1.54, 1.807) is 13.0 Å². The lowest BCUT2D eigenvalue weighted by atomic mass is 9.93. The molecule has 5 heteroatoms. The molecule has 1 amide bonds. The summed E-state index contributed by atoms with van der Waals surface area (Å²) in [5.74, 6) is 0.274. The number of halogens is 1. The second kappa shape index (κ2) is 14.1. The minimum absolute atomic E-state index is 0.108. The zero-order valence-electron chi connectivity index (χ0n) is 23.7. The summed E-state index contributed by atoms with van der Waals surface area (Å²) >= 11 is 0. The molecule has 1 aliphatic rings. The molecule has 0 aliphatic carbocycles. The summed E-state index contributed by atoms with van der Waals surface area (Å²) in [4.78, 5) is 18.5. The Labute approximate surface area is 224 Å². The predicted octanol–water partition coefficient (Wildman–Crippen LogP) is 7.12. The van der Waals surface area contributed by atoms with Crippen LogP contribution in [0.3, 0.4) is 0 Å². The SMILES string of the molecule is CCCC(N)CC1CC(c2cccc(C)c2)CN1CC(=O)N(c1ccc(F)c(C)c1)C(CCC)CCC. The van der Waals surface area contributed by atoms with Crippen LogP contribution >= 0.6 is 0 Å². The van der Waals surface area contributed by atoms with Crippen molar-refractivity contribution in [2.75, 3.05) is 18.0 Å². The lowest BCUT2D eigenvalue weighted by molar-refractivity contribution is -0.120. The number of carbonyl (C=O) groups is 1. The van der Waals surface area contributed by atoms with Crippen LogP contribution in [0.5, 0.6) is 0 Å². The lowest BCUT2D eigenvalue weighted by Gasteiger charge is -2.35. The molecule has 2 aromatic rings. The first kappa shape index (κ1) is 29.3. The number of hydrogen-bond acceptors (Lipinski definition) is 3. The normalized spacial score (nSPS) is 18.9. The summed E-state index contributed by atoms with van der Waals surface area (Å²) in [6, 6.07) is 14.4. The fraction of sp³-hybridized carbons (Fsp3) is 0.594. The Hall–Kier alpha value is -2.24. The number of nitrogens with zero attached hydrogens (tertiary/aromatic N) is 2. The summed E-state index contributed by atoms with van der Waals surface area (Å²) in [6.45, 7) is 11.6. The predicted molar refractivity (Wildman–Crippen MR) is 154 cm³/mol. The van der Waals surface area contributed by atoms with Gasteiger partial charge in [-0.25, -0.2) is 4.39 Å². The first-order valence-corrected chi connectivity index (χ1v) is 14.4. The van der Waals surface area contributed by atoms with Crippen LogP contribution in [0, 0.1) is 19.7 Å². The van der Waals surface area contributed by atoms with Crippen molar-refractivity contribution in [1.82, 2.24) is 4.90 Å². The fourth-order valence-corrected chi connectivity index (χ4v) is 6.08. The zero-order chi connectivity index (χ0) is 26.9. The van der Waals surface area contributed by atoms with Gasteiger partial charge in [0.1, 0.15) is 5.82 Å². The number of nitrogens with two attached hydrogens (primary N) is 1. The van der Waals surface area contributed by atoms with Gasteiger partial charge >= 0.3 is 0 Å². The molecule has 3 rings (SSSR count). The first-order chi connectivity index (χ1) is 17.8. The van der Waals surface area contributed by atoms with Crippen molar-refractivity contribution in [2.24, 2.45) is 5.73 Å². The van der Waals surface area contributed by atoms with Gasteiger partial charge in [0.2, 0.25) is 5.91 Å². The third-order valence-corrected chi connectivity index (χ3v) is 7.91. The highest BCUT2D eigenvalue weighted by molar-refractivity contribution is 5.95. The van der Waals surface area contributed by atoms with E-state index < -0.39 is 0 Å². The lowest BCUT2D eigenvalue weighted by Crippen LogP contribution is -2.48. The van der Waals surface area contributed by atoms with E-state index in [1.165, 1.54) is 17.2 Å². The minimum atomic E-state index is -0.232. The Morgan fingerprint density at radius 1 is 1.05 bits per heavy atom. The van der Waals surface area contributed by atoms with E-state index in [4.69, 9.17) is 5.73 Å². The summed E-state index contributed by atoms with van der Waals surface area (Å²) in [7, 11) is 0. The van der Waals surface area contributed by atoms with Crippen molar-refractivity contribution in [1.29, 1.82) is 0 Å². The van der Waals surface area contributed by atoms with Gasteiger partial charge in [-0.2, -0.15) is 0 Å². The number of amides is 1. The molecule has 3 unspecified atom stereocenters. The fourth-order valence-electron chi connectivity index (χ4n) is 6.08. The van der Waals surface area contributed by atoms with Crippen LogP contribution in [-0.2, 0) is 4.79 Å². The number of aryl methyl sites for hydroxylation is 2. The molecule has 204 valence electrons. The summed E-state index contributed by atoms with van der Waals surface area (Å²) < 4.78 is 14.1. The molecule has 0 radical (unpaired) electrons. The monoisotopic (exact) mass is 509 g/mol. The topological polar surface area (TPSA) is 49.6 Å². The van der Waals surface area contributed by atoms with Gasteiger partial charge < -0.3 is 10.6 Å². The van der Waals surface area contributed by atoms with Crippen molar-refractivity contribution >= 4 is 11.6 Å². The Balaban J connectivity index is 1.89. The van der Waals surface area contributed by atoms with Crippen LogP contribution in [0.25, 0.3) is 0 Å². The molecular formula is C32H48FN3O. The van der Waals surface area contributed by atoms with E-state index in [-0.39, 0.29) is 29.8 Å². The minimum Gasteiger partial charge on any atom is -0.328 e. The first-order valence-electron chi connectivity index (χ1n) is 14.4. The van der Waals surface area contributed by atoms with Gasteiger partial charge in [-0.1, -0.05) is 69.9 Å². The summed E-state index contributed by atoms with van der Waals surface area (Å²) in [5.41, 5.74) is 10.5. The third-order valence-electron chi connectivity index (χ3n) is 7.91. The molecule has 0 aromatic heterocycles. The van der Waals surface area contributed by atoms with Crippen LogP contribution in [0.1, 0.15) is 94.7 Å². The maximum atomic E-state index is 14.1. The number of benzene rings is 2. The van der Waals surface area contributed by atoms with E-state index in [2.05, 4.69) is 56.9 Å². The number of likely N-dealkylation sites (tertiary alicyclic amines) is 1. The second-order valence-corrected chi connectivity index (χ2v) is 11.1. The standard InChI is InChI=1S/C32H48FN3O/c1-6-10-27(34)20-30-19-26(25-14-9-13-23(4)17-25)21-35(30)22-32(37)36(28(11-7-2)12-8-3)29-15-16-31(33)24(5)18-29/h9,13-18,26-28,30H,6-8,10-12,19-22,34H2,1-5H3. The van der Waals surface area contributed by atoms with Gasteiger partial charge in [-0.05, 0) is 81.2 Å². The number of rotatable bonds is 13. The van der Waals surface area contributed by atoms with E-state index in [1.807, 2.05) is 11.0 Å². The van der Waals surface area contributed by atoms with E-state index in [9.17, 15) is 9.18 Å². The van der Waals surface area contributed by atoms with Crippen molar-refractivity contribution in [3.05, 3.63) is 65.0 Å². The van der Waals surface area contributed by atoms with Crippen LogP contribution in [0.2, 0.25) is 0 Å². The van der Waals surface area contributed by atoms with Gasteiger partial charge in [0, 0.05) is 30.4 Å². The average molecular weight is 510 g/mol. The maximum absolute atomic E-state index is 14.1. The van der Waals surface area contributed by atoms with Crippen molar-refractivity contribution in [2.45, 2.75) is 110 Å². The van der Waals surface area contributed by atoms with E-state index in [0.717, 1.165) is 63.6 Å². The number of hydrogen-bond donors (Lipinski definition) is 1. The molecule has 4 nitrogen and oxygen atoms in total. The highest BCUT2D eigenvalue weighted by Crippen LogP contribution is 2.35. The van der Waals surface area contributed by atoms with Crippen LogP contribution in [0.4, 0.5) is 10.1 Å². The van der Waals surface area contributed by atoms with Crippen LogP contribution in [0.15, 0.2) is 42.5 Å². The molecule has 1 aliphatic heterocycles. The van der Waals surface area contributed by atoms with Gasteiger partial charge in [-0.3, -0.25) is 9.69 Å². The molecule has 1 saturated heterocycles. The molecule has 1 heterocycles. The number of carbonyl (C=O) groups excluding carboxylic acids is 1. The Morgan fingerprint density at radius 3 is 2.38 bits per heavy atom. The molecule has 2 aromatic carbocycles. The van der Waals surface area contributed by atoms with Crippen molar-refractivity contribution < 1.29 is 9.18 Å². The second-order valence-electron chi connectivity index (χ2n) is 11.1. The highest BCUT2D eigenvalue weighted by Gasteiger charge is 2.36. The van der Waals surface area contributed by atoms with E-state index in [0.29, 0.717) is 18.0 Å². The zero-order valence-corrected chi connectivity index (χ0v) is 23.7. The smallest absolute Gasteiger partial charge is 0.241 e. The summed E-state index contributed by atoms with van der Waals surface area (Å²) in [5, 5.41) is 0. The molecule has 2 N–H and O–H groups in total. The molecule has 0 spiro atoms. The van der Waals surface area contributed by atoms with Gasteiger partial charge in [0.15, 0.2) is 0 Å². The average Bonchev–Trinajstić information content (AvgIpc) is 3.24. The quantitative estimate of drug-likeness (QED) is 0.313. The Morgan fingerprint density at radius 2 is 1.76 bits per heavy atom.